The van der Waals surface area contributed by atoms with Crippen LogP contribution >= 0.6 is 6.72 Å². The first-order chi connectivity index (χ1) is 21.4. The second-order valence-electron chi connectivity index (χ2n) is 10.4. The van der Waals surface area contributed by atoms with E-state index in [2.05, 4.69) is 29.9 Å². The fourth-order valence-electron chi connectivity index (χ4n) is 5.55. The minimum absolute atomic E-state index is 0.0450. The maximum Gasteiger partial charge on any atom is 0.326 e. The lowest BCUT2D eigenvalue weighted by Crippen LogP contribution is -2.47. The van der Waals surface area contributed by atoms with Crippen LogP contribution in [0.3, 0.4) is 0 Å². The molecule has 0 spiro atoms. The molecule has 2 fully saturated rings. The number of nitrogen functional groups attached to an aromatic ring is 1. The Morgan fingerprint density at radius 3 is 2.60 bits per heavy atom. The van der Waals surface area contributed by atoms with Crippen LogP contribution in [0, 0.1) is 0 Å². The molecule has 7 heterocycles. The van der Waals surface area contributed by atoms with Crippen LogP contribution in [0.5, 0.6) is 0 Å². The van der Waals surface area contributed by atoms with E-state index in [1.807, 2.05) is 0 Å². The number of rotatable bonds is 8. The van der Waals surface area contributed by atoms with Gasteiger partial charge in [0, 0.05) is 12.4 Å². The molecular formula is C22H24FN10O10PS. The molecule has 0 aliphatic carbocycles. The predicted molar refractivity (Wildman–Crippen MR) is 151 cm³/mol. The first kappa shape index (κ1) is 30.0. The van der Waals surface area contributed by atoms with Gasteiger partial charge in [-0.2, -0.15) is 4.98 Å². The van der Waals surface area contributed by atoms with Gasteiger partial charge < -0.3 is 39.9 Å². The molecule has 2 saturated heterocycles. The molecule has 2 aliphatic rings. The summed E-state index contributed by atoms with van der Waals surface area (Å²) in [6.07, 6.45) is -1.55. The number of halogens is 1. The number of anilines is 1. The summed E-state index contributed by atoms with van der Waals surface area (Å²) in [6.45, 7) is -7.04. The number of nitrogens with two attached hydrogens (primary N) is 1. The number of nitrogens with zero attached hydrogens (tertiary/aromatic N) is 7. The quantitative estimate of drug-likeness (QED) is 0.0817. The molecule has 0 bridgehead atoms. The average Bonchev–Trinajstić information content (AvgIpc) is 3.80. The molecule has 240 valence electrons. The van der Waals surface area contributed by atoms with Crippen molar-refractivity contribution in [1.29, 1.82) is 0 Å². The molecule has 5 aromatic heterocycles. The van der Waals surface area contributed by atoms with Crippen molar-refractivity contribution in [3.63, 3.8) is 0 Å². The number of aliphatic hydroxyl groups is 3. The maximum absolute atomic E-state index is 15.9. The monoisotopic (exact) mass is 670 g/mol. The summed E-state index contributed by atoms with van der Waals surface area (Å²) in [5.74, 6) is -0.155. The maximum atomic E-state index is 15.9. The van der Waals surface area contributed by atoms with Gasteiger partial charge in [0.25, 0.3) is 11.1 Å². The summed E-state index contributed by atoms with van der Waals surface area (Å²) < 4.78 is 41.6. The molecule has 1 unspecified atom stereocenters. The van der Waals surface area contributed by atoms with E-state index in [4.69, 9.17) is 36.1 Å². The summed E-state index contributed by atoms with van der Waals surface area (Å²) in [4.78, 5) is 56.8. The summed E-state index contributed by atoms with van der Waals surface area (Å²) in [5.41, 5.74) is -0.523. The molecule has 0 aromatic carbocycles. The van der Waals surface area contributed by atoms with E-state index >= 15 is 4.39 Å². The van der Waals surface area contributed by atoms with E-state index in [0.717, 1.165) is 21.8 Å². The number of fused-ring (bicyclic) bond motifs is 4. The van der Waals surface area contributed by atoms with Crippen LogP contribution in [0.15, 0.2) is 34.6 Å². The topological polar surface area (TPSA) is 275 Å². The fraction of sp³-hybridized carbons (Fsp3) is 0.455. The average molecular weight is 671 g/mol. The van der Waals surface area contributed by atoms with Gasteiger partial charge in [-0.3, -0.25) is 37.6 Å². The van der Waals surface area contributed by atoms with Gasteiger partial charge in [0.15, 0.2) is 34.2 Å². The molecule has 7 rings (SSSR count). The summed E-state index contributed by atoms with van der Waals surface area (Å²) in [6, 6.07) is 0. The van der Waals surface area contributed by atoms with Crippen LogP contribution in [0.25, 0.3) is 28.1 Å². The first-order valence-corrected chi connectivity index (χ1v) is 15.7. The van der Waals surface area contributed by atoms with Crippen molar-refractivity contribution in [2.45, 2.75) is 35.9 Å². The van der Waals surface area contributed by atoms with Crippen molar-refractivity contribution in [2.75, 3.05) is 32.2 Å². The van der Waals surface area contributed by atoms with Crippen molar-refractivity contribution < 1.29 is 43.1 Å². The Labute approximate surface area is 253 Å². The minimum atomic E-state index is -4.49. The van der Waals surface area contributed by atoms with Gasteiger partial charge in [0.2, 0.25) is 17.5 Å². The van der Waals surface area contributed by atoms with Gasteiger partial charge >= 0.3 is 6.72 Å². The lowest BCUT2D eigenvalue weighted by molar-refractivity contribution is -0.110. The zero-order valence-electron chi connectivity index (χ0n) is 22.6. The molecule has 0 radical (unpaired) electrons. The highest BCUT2D eigenvalue weighted by atomic mass is 32.5. The van der Waals surface area contributed by atoms with E-state index in [-0.39, 0.29) is 34.1 Å². The molecule has 0 saturated carbocycles. The Kier molecular flexibility index (Phi) is 6.94. The lowest BCUT2D eigenvalue weighted by Gasteiger charge is -2.35. The molecule has 8 N–H and O–H groups in total. The standard InChI is InChI=1S/C22H24FN10O10PS/c23-13-9(3-34)41-6-22(13,32-7-26-11-15(32)28-19(24)29-16(11)36)43-44(39,45)42-4-10-14(35)21(38,5-40-10)33-8-27-12-17(37)30-20-25-1-2-31(20)18(12)33/h1-2,7-10,13-14,34-35,38H,3-6H2,(H,39,45)(H,25,30,37)(H3,24,28,29,36)/t9-,10-,13-,14-,21+,22+,44?/m1/s1. The predicted octanol–water partition coefficient (Wildman–Crippen LogP) is -2.88. The molecule has 23 heteroatoms. The Balaban J connectivity index is 1.16. The highest BCUT2D eigenvalue weighted by Crippen LogP contribution is 2.54. The van der Waals surface area contributed by atoms with Crippen molar-refractivity contribution in [2.24, 2.45) is 0 Å². The number of ether oxygens (including phenoxy) is 2. The Morgan fingerprint density at radius 1 is 1.13 bits per heavy atom. The lowest BCUT2D eigenvalue weighted by atomic mass is 10.1. The summed E-state index contributed by atoms with van der Waals surface area (Å²) >= 11 is 5.19. The third-order valence-electron chi connectivity index (χ3n) is 7.75. The van der Waals surface area contributed by atoms with Gasteiger partial charge in [-0.1, -0.05) is 0 Å². The van der Waals surface area contributed by atoms with Crippen molar-refractivity contribution >= 4 is 52.6 Å². The Hall–Kier alpha value is -3.70. The molecule has 0 amide bonds. The smallest absolute Gasteiger partial charge is 0.326 e. The highest BCUT2D eigenvalue weighted by Gasteiger charge is 2.57. The number of imidazole rings is 3. The largest absolute Gasteiger partial charge is 0.394 e. The second-order valence-corrected chi connectivity index (χ2v) is 13.2. The molecule has 20 nitrogen and oxygen atoms in total. The van der Waals surface area contributed by atoms with Crippen LogP contribution in [0.2, 0.25) is 0 Å². The second kappa shape index (κ2) is 10.4. The highest BCUT2D eigenvalue weighted by molar-refractivity contribution is 8.07. The van der Waals surface area contributed by atoms with Gasteiger partial charge in [-0.25, -0.2) is 19.3 Å². The molecule has 2 aliphatic heterocycles. The number of hydrogen-bond acceptors (Lipinski definition) is 15. The minimum Gasteiger partial charge on any atom is -0.394 e. The third-order valence-corrected chi connectivity index (χ3v) is 9.32. The normalized spacial score (nSPS) is 30.2. The Morgan fingerprint density at radius 2 is 1.84 bits per heavy atom. The molecule has 45 heavy (non-hydrogen) atoms. The number of hydrogen-bond donors (Lipinski definition) is 7. The number of aliphatic hydroxyl groups excluding tert-OH is 2. The van der Waals surface area contributed by atoms with Crippen molar-refractivity contribution in [3.05, 3.63) is 45.8 Å². The van der Waals surface area contributed by atoms with Crippen LogP contribution in [-0.4, -0.2) is 115 Å². The number of alkyl halides is 1. The number of H-pyrrole nitrogens is 2. The van der Waals surface area contributed by atoms with Crippen molar-refractivity contribution in [3.8, 4) is 0 Å². The number of nitrogens with one attached hydrogen (secondary N) is 2. The zero-order chi connectivity index (χ0) is 31.9. The van der Waals surface area contributed by atoms with Gasteiger partial charge in [-0.15, -0.1) is 0 Å². The third kappa shape index (κ3) is 4.52. The van der Waals surface area contributed by atoms with E-state index in [0.29, 0.717) is 0 Å². The number of aromatic amines is 2. The SMILES string of the molecule is Nc1nc2c(ncn2[C@]2(OP(O)(=S)OC[C@H]3OC[C@@](O)(n4cnc5c(=O)[nH]c6nccn6c54)[C@@H]3O)CO[C@H](CO)[C@H]2F)c(=O)[nH]1. The summed E-state index contributed by atoms with van der Waals surface area (Å²) in [5, 5.41) is 32.3. The van der Waals surface area contributed by atoms with Crippen LogP contribution in [0.4, 0.5) is 10.3 Å². The molecule has 7 atom stereocenters. The zero-order valence-corrected chi connectivity index (χ0v) is 24.3. The van der Waals surface area contributed by atoms with Crippen LogP contribution in [-0.2, 0) is 41.8 Å². The van der Waals surface area contributed by atoms with Gasteiger partial charge in [-0.05, 0) is 11.8 Å². The Bertz CT molecular complexity index is 2120. The molecular weight excluding hydrogens is 646 g/mol. The van der Waals surface area contributed by atoms with Gasteiger partial charge in [0.1, 0.15) is 18.3 Å². The number of aromatic nitrogens is 9. The van der Waals surface area contributed by atoms with Gasteiger partial charge in [0.05, 0.1) is 39.1 Å². The summed E-state index contributed by atoms with van der Waals surface area (Å²) in [7, 11) is 0. The van der Waals surface area contributed by atoms with E-state index in [1.54, 1.807) is 0 Å². The van der Waals surface area contributed by atoms with Crippen LogP contribution in [0.1, 0.15) is 0 Å². The van der Waals surface area contributed by atoms with E-state index in [1.165, 1.54) is 16.8 Å². The van der Waals surface area contributed by atoms with E-state index in [9.17, 15) is 29.8 Å². The first-order valence-electron chi connectivity index (χ1n) is 13.1. The fourth-order valence-corrected chi connectivity index (χ4v) is 7.14. The van der Waals surface area contributed by atoms with Crippen LogP contribution < -0.4 is 16.9 Å². The molecule has 5 aromatic rings. The van der Waals surface area contributed by atoms with Crippen molar-refractivity contribution in [1.82, 2.24) is 43.4 Å². The van der Waals surface area contributed by atoms with E-state index < -0.39 is 80.2 Å².